The van der Waals surface area contributed by atoms with Crippen LogP contribution in [0.5, 0.6) is 11.5 Å². The molecule has 0 bridgehead atoms. The zero-order valence-electron chi connectivity index (χ0n) is 13.2. The lowest BCUT2D eigenvalue weighted by atomic mass is 10.2. The Kier molecular flexibility index (Phi) is 5.56. The number of rotatable bonds is 7. The molecule has 0 saturated carbocycles. The third-order valence-electron chi connectivity index (χ3n) is 3.73. The second-order valence-electron chi connectivity index (χ2n) is 5.48. The maximum Gasteiger partial charge on any atom is 0.231 e. The van der Waals surface area contributed by atoms with Crippen LogP contribution in [0, 0.1) is 0 Å². The van der Waals surface area contributed by atoms with Crippen LogP contribution in [0.2, 0.25) is 5.02 Å². The van der Waals surface area contributed by atoms with Crippen molar-refractivity contribution >= 4 is 17.5 Å². The zero-order chi connectivity index (χ0) is 16.8. The number of hydrogen-bond acceptors (Lipinski definition) is 4. The highest BCUT2D eigenvalue weighted by molar-refractivity contribution is 6.31. The van der Waals surface area contributed by atoms with Gasteiger partial charge in [0.25, 0.3) is 0 Å². The fraction of sp³-hybridized carbons (Fsp3) is 0.278. The van der Waals surface area contributed by atoms with E-state index in [-0.39, 0.29) is 12.7 Å². The number of carbonyl (C=O) groups is 1. The number of nitrogens with one attached hydrogen (secondary N) is 2. The van der Waals surface area contributed by atoms with Crippen molar-refractivity contribution in [3.63, 3.8) is 0 Å². The maximum absolute atomic E-state index is 11.9. The van der Waals surface area contributed by atoms with Crippen LogP contribution in [-0.4, -0.2) is 19.2 Å². The van der Waals surface area contributed by atoms with Gasteiger partial charge in [-0.1, -0.05) is 35.9 Å². The lowest BCUT2D eigenvalue weighted by Crippen LogP contribution is -2.27. The van der Waals surface area contributed by atoms with Crippen LogP contribution < -0.4 is 20.1 Å². The van der Waals surface area contributed by atoms with Gasteiger partial charge in [0.2, 0.25) is 12.7 Å². The van der Waals surface area contributed by atoms with Crippen LogP contribution in [-0.2, 0) is 17.9 Å². The molecule has 1 aliphatic heterocycles. The van der Waals surface area contributed by atoms with Crippen molar-refractivity contribution < 1.29 is 14.3 Å². The molecule has 3 rings (SSSR count). The average molecular weight is 347 g/mol. The first-order valence-electron chi connectivity index (χ1n) is 7.82. The van der Waals surface area contributed by atoms with Crippen molar-refractivity contribution in [1.29, 1.82) is 0 Å². The summed E-state index contributed by atoms with van der Waals surface area (Å²) in [6.45, 7) is 2.00. The SMILES string of the molecule is O=C(CCNCc1ccc2c(c1)OCO2)NCc1ccccc1Cl. The number of amides is 1. The molecule has 0 fully saturated rings. The number of fused-ring (bicyclic) bond motifs is 1. The molecule has 0 radical (unpaired) electrons. The summed E-state index contributed by atoms with van der Waals surface area (Å²) in [5.74, 6) is 1.54. The Morgan fingerprint density at radius 1 is 1.08 bits per heavy atom. The first-order chi connectivity index (χ1) is 11.7. The summed E-state index contributed by atoms with van der Waals surface area (Å²) in [5, 5.41) is 6.79. The van der Waals surface area contributed by atoms with E-state index in [9.17, 15) is 4.79 Å². The van der Waals surface area contributed by atoms with Gasteiger partial charge >= 0.3 is 0 Å². The van der Waals surface area contributed by atoms with E-state index in [0.717, 1.165) is 22.6 Å². The van der Waals surface area contributed by atoms with Crippen LogP contribution in [0.1, 0.15) is 17.5 Å². The summed E-state index contributed by atoms with van der Waals surface area (Å²) in [5.41, 5.74) is 2.01. The Morgan fingerprint density at radius 2 is 1.92 bits per heavy atom. The van der Waals surface area contributed by atoms with Gasteiger partial charge in [0, 0.05) is 31.1 Å². The molecule has 126 valence electrons. The van der Waals surface area contributed by atoms with E-state index >= 15 is 0 Å². The number of halogens is 1. The lowest BCUT2D eigenvalue weighted by Gasteiger charge is -2.08. The van der Waals surface area contributed by atoms with Gasteiger partial charge in [0.1, 0.15) is 0 Å². The molecular formula is C18H19ClN2O3. The van der Waals surface area contributed by atoms with Crippen LogP contribution in [0.15, 0.2) is 42.5 Å². The van der Waals surface area contributed by atoms with Crippen LogP contribution in [0.3, 0.4) is 0 Å². The summed E-state index contributed by atoms with van der Waals surface area (Å²) >= 11 is 6.06. The second-order valence-corrected chi connectivity index (χ2v) is 5.89. The fourth-order valence-electron chi connectivity index (χ4n) is 2.41. The Bertz CT molecular complexity index is 721. The third-order valence-corrected chi connectivity index (χ3v) is 4.10. The largest absolute Gasteiger partial charge is 0.454 e. The van der Waals surface area contributed by atoms with Crippen LogP contribution in [0.4, 0.5) is 0 Å². The molecule has 0 saturated heterocycles. The Labute approximate surface area is 145 Å². The van der Waals surface area contributed by atoms with Gasteiger partial charge < -0.3 is 20.1 Å². The molecule has 1 aliphatic rings. The van der Waals surface area contributed by atoms with Crippen molar-refractivity contribution in [3.05, 3.63) is 58.6 Å². The lowest BCUT2D eigenvalue weighted by molar-refractivity contribution is -0.121. The summed E-state index contributed by atoms with van der Waals surface area (Å²) < 4.78 is 10.6. The fourth-order valence-corrected chi connectivity index (χ4v) is 2.61. The smallest absolute Gasteiger partial charge is 0.231 e. The van der Waals surface area contributed by atoms with E-state index < -0.39 is 0 Å². The van der Waals surface area contributed by atoms with E-state index in [1.165, 1.54) is 0 Å². The molecule has 0 aromatic heterocycles. The minimum atomic E-state index is -0.00638. The van der Waals surface area contributed by atoms with Crippen molar-refractivity contribution in [2.24, 2.45) is 0 Å². The number of hydrogen-bond donors (Lipinski definition) is 2. The van der Waals surface area contributed by atoms with E-state index in [2.05, 4.69) is 10.6 Å². The summed E-state index contributed by atoms with van der Waals surface area (Å²) in [6, 6.07) is 13.3. The highest BCUT2D eigenvalue weighted by Crippen LogP contribution is 2.32. The molecule has 0 spiro atoms. The first-order valence-corrected chi connectivity index (χ1v) is 8.19. The summed E-state index contributed by atoms with van der Waals surface area (Å²) in [6.07, 6.45) is 0.412. The van der Waals surface area contributed by atoms with Crippen molar-refractivity contribution in [3.8, 4) is 11.5 Å². The van der Waals surface area contributed by atoms with Gasteiger partial charge in [0.15, 0.2) is 11.5 Å². The molecule has 2 aromatic rings. The Balaban J connectivity index is 1.36. The average Bonchev–Trinajstić information content (AvgIpc) is 3.06. The normalized spacial score (nSPS) is 12.2. The Morgan fingerprint density at radius 3 is 2.79 bits per heavy atom. The molecule has 5 nitrogen and oxygen atoms in total. The van der Waals surface area contributed by atoms with E-state index in [0.29, 0.717) is 31.1 Å². The first kappa shape index (κ1) is 16.6. The van der Waals surface area contributed by atoms with Gasteiger partial charge in [0.05, 0.1) is 0 Å². The predicted octanol–water partition coefficient (Wildman–Crippen LogP) is 2.86. The van der Waals surface area contributed by atoms with Gasteiger partial charge in [-0.05, 0) is 29.3 Å². The molecule has 0 unspecified atom stereocenters. The molecule has 1 heterocycles. The molecule has 2 N–H and O–H groups in total. The van der Waals surface area contributed by atoms with E-state index in [1.807, 2.05) is 42.5 Å². The molecule has 0 aliphatic carbocycles. The van der Waals surface area contributed by atoms with Crippen LogP contribution >= 0.6 is 11.6 Å². The Hall–Kier alpha value is -2.24. The minimum absolute atomic E-state index is 0.00638. The molecular weight excluding hydrogens is 328 g/mol. The van der Waals surface area contributed by atoms with Gasteiger partial charge in [-0.2, -0.15) is 0 Å². The van der Waals surface area contributed by atoms with Gasteiger partial charge in [-0.25, -0.2) is 0 Å². The summed E-state index contributed by atoms with van der Waals surface area (Å²) in [4.78, 5) is 11.9. The molecule has 6 heteroatoms. The van der Waals surface area contributed by atoms with E-state index in [1.54, 1.807) is 0 Å². The van der Waals surface area contributed by atoms with Crippen LogP contribution in [0.25, 0.3) is 0 Å². The highest BCUT2D eigenvalue weighted by atomic mass is 35.5. The van der Waals surface area contributed by atoms with E-state index in [4.69, 9.17) is 21.1 Å². The molecule has 0 atom stereocenters. The predicted molar refractivity (Wildman–Crippen MR) is 92.2 cm³/mol. The monoisotopic (exact) mass is 346 g/mol. The summed E-state index contributed by atoms with van der Waals surface area (Å²) in [7, 11) is 0. The maximum atomic E-state index is 11.9. The topological polar surface area (TPSA) is 59.6 Å². The van der Waals surface area contributed by atoms with Gasteiger partial charge in [-0.3, -0.25) is 4.79 Å². The third kappa shape index (κ3) is 4.40. The minimum Gasteiger partial charge on any atom is -0.454 e. The zero-order valence-corrected chi connectivity index (χ0v) is 13.9. The molecule has 2 aromatic carbocycles. The second kappa shape index (κ2) is 8.04. The van der Waals surface area contributed by atoms with Crippen molar-refractivity contribution in [2.75, 3.05) is 13.3 Å². The number of benzene rings is 2. The van der Waals surface area contributed by atoms with Gasteiger partial charge in [-0.15, -0.1) is 0 Å². The van der Waals surface area contributed by atoms with Crippen molar-refractivity contribution in [1.82, 2.24) is 10.6 Å². The standard InChI is InChI=1S/C18H19ClN2O3/c19-15-4-2-1-3-14(15)11-21-18(22)7-8-20-10-13-5-6-16-17(9-13)24-12-23-16/h1-6,9,20H,7-8,10-12H2,(H,21,22). The molecule has 1 amide bonds. The quantitative estimate of drug-likeness (QED) is 0.757. The number of carbonyl (C=O) groups excluding carboxylic acids is 1. The highest BCUT2D eigenvalue weighted by Gasteiger charge is 2.12. The van der Waals surface area contributed by atoms with Crippen molar-refractivity contribution in [2.45, 2.75) is 19.5 Å². The number of ether oxygens (including phenoxy) is 2. The molecule has 24 heavy (non-hydrogen) atoms.